The molecule has 1 aromatic rings. The number of hydrogen-bond acceptors (Lipinski definition) is 4. The van der Waals surface area contributed by atoms with Crippen molar-refractivity contribution in [2.45, 2.75) is 39.3 Å². The smallest absolute Gasteiger partial charge is 0.387 e. The highest BCUT2D eigenvalue weighted by Gasteiger charge is 2.10. The first-order valence-corrected chi connectivity index (χ1v) is 8.66. The summed E-state index contributed by atoms with van der Waals surface area (Å²) in [6, 6.07) is 4.42. The minimum absolute atomic E-state index is 0. The number of carbonyl (C=O) groups is 1. The van der Waals surface area contributed by atoms with Gasteiger partial charge >= 0.3 is 12.6 Å². The molecule has 0 fully saturated rings. The minimum Gasteiger partial charge on any atom is -0.469 e. The first-order valence-electron chi connectivity index (χ1n) is 8.28. The van der Waals surface area contributed by atoms with Crippen LogP contribution >= 0.6 is 35.6 Å². The van der Waals surface area contributed by atoms with E-state index in [-0.39, 0.29) is 42.2 Å². The van der Waals surface area contributed by atoms with Crippen LogP contribution in [-0.4, -0.2) is 38.7 Å². The summed E-state index contributed by atoms with van der Waals surface area (Å²) in [5.74, 6) is 0.341. The highest BCUT2D eigenvalue weighted by molar-refractivity contribution is 14.0. The van der Waals surface area contributed by atoms with Gasteiger partial charge in [0, 0.05) is 30.1 Å². The number of unbranched alkanes of at least 4 members (excludes halogenated alkanes) is 1. The molecule has 0 aliphatic rings. The molecule has 27 heavy (non-hydrogen) atoms. The van der Waals surface area contributed by atoms with Gasteiger partial charge in [0.1, 0.15) is 5.75 Å². The van der Waals surface area contributed by atoms with Gasteiger partial charge < -0.3 is 20.1 Å². The van der Waals surface area contributed by atoms with E-state index in [1.807, 2.05) is 6.92 Å². The second-order valence-electron chi connectivity index (χ2n) is 5.29. The molecule has 2 N–H and O–H groups in total. The summed E-state index contributed by atoms with van der Waals surface area (Å²) in [6.07, 6.45) is 1.82. The molecule has 1 aromatic carbocycles. The Kier molecular flexibility index (Phi) is 13.9. The largest absolute Gasteiger partial charge is 0.469 e. The predicted octanol–water partition coefficient (Wildman–Crippen LogP) is 3.96. The van der Waals surface area contributed by atoms with Crippen molar-refractivity contribution in [3.05, 3.63) is 28.8 Å². The van der Waals surface area contributed by atoms with Crippen LogP contribution in [0.25, 0.3) is 0 Å². The maximum Gasteiger partial charge on any atom is 0.387 e. The molecule has 0 radical (unpaired) electrons. The van der Waals surface area contributed by atoms with Gasteiger partial charge in [-0.1, -0.05) is 11.6 Å². The maximum atomic E-state index is 12.5. The Hall–Kier alpha value is -1.36. The van der Waals surface area contributed by atoms with Crippen LogP contribution < -0.4 is 15.4 Å². The lowest BCUT2D eigenvalue weighted by Crippen LogP contribution is -2.37. The topological polar surface area (TPSA) is 72.0 Å². The molecule has 0 heterocycles. The summed E-state index contributed by atoms with van der Waals surface area (Å²) in [7, 11) is 1.36. The van der Waals surface area contributed by atoms with Crippen LogP contribution in [0.2, 0.25) is 5.02 Å². The van der Waals surface area contributed by atoms with Crippen LogP contribution in [-0.2, 0) is 16.1 Å². The number of carbonyl (C=O) groups excluding carboxylic acids is 1. The lowest BCUT2D eigenvalue weighted by Gasteiger charge is -2.13. The molecule has 0 atom stereocenters. The van der Waals surface area contributed by atoms with E-state index in [4.69, 9.17) is 11.6 Å². The molecule has 0 aliphatic heterocycles. The van der Waals surface area contributed by atoms with Gasteiger partial charge in [0.2, 0.25) is 0 Å². The van der Waals surface area contributed by atoms with Crippen LogP contribution in [0.4, 0.5) is 8.78 Å². The third-order valence-corrected chi connectivity index (χ3v) is 3.55. The SMILES string of the molecule is CCNC(=NCc1cc(Cl)ccc1OC(F)F)NCCCCC(=O)OC.I. The third kappa shape index (κ3) is 11.2. The molecule has 0 saturated heterocycles. The van der Waals surface area contributed by atoms with Crippen molar-refractivity contribution in [1.82, 2.24) is 10.6 Å². The molecule has 0 unspecified atom stereocenters. The number of esters is 1. The fraction of sp³-hybridized carbons (Fsp3) is 0.529. The van der Waals surface area contributed by atoms with Crippen molar-refractivity contribution in [3.8, 4) is 5.75 Å². The van der Waals surface area contributed by atoms with E-state index in [9.17, 15) is 13.6 Å². The number of benzene rings is 1. The van der Waals surface area contributed by atoms with Crippen molar-refractivity contribution in [2.24, 2.45) is 4.99 Å². The Bertz CT molecular complexity index is 607. The monoisotopic (exact) mass is 519 g/mol. The highest BCUT2D eigenvalue weighted by Crippen LogP contribution is 2.25. The molecule has 10 heteroatoms. The summed E-state index contributed by atoms with van der Waals surface area (Å²) in [4.78, 5) is 15.4. The van der Waals surface area contributed by atoms with E-state index >= 15 is 0 Å². The first kappa shape index (κ1) is 25.6. The molecule has 1 rings (SSSR count). The number of guanidine groups is 1. The minimum atomic E-state index is -2.92. The number of aliphatic imine (C=N–C) groups is 1. The van der Waals surface area contributed by atoms with Gasteiger partial charge in [-0.3, -0.25) is 4.79 Å². The zero-order valence-electron chi connectivity index (χ0n) is 15.3. The number of ether oxygens (including phenoxy) is 2. The number of nitrogens with zero attached hydrogens (tertiary/aromatic N) is 1. The lowest BCUT2D eigenvalue weighted by atomic mass is 10.2. The van der Waals surface area contributed by atoms with E-state index in [0.717, 1.165) is 6.42 Å². The van der Waals surface area contributed by atoms with Gasteiger partial charge in [-0.05, 0) is 38.0 Å². The fourth-order valence-electron chi connectivity index (χ4n) is 2.09. The Morgan fingerprint density at radius 3 is 2.67 bits per heavy atom. The summed E-state index contributed by atoms with van der Waals surface area (Å²) in [5, 5.41) is 6.60. The average Bonchev–Trinajstić information content (AvgIpc) is 2.60. The Balaban J connectivity index is 0.00000676. The normalized spacial score (nSPS) is 11.0. The second-order valence-corrected chi connectivity index (χ2v) is 5.72. The summed E-state index contributed by atoms with van der Waals surface area (Å²) in [6.45, 7) is 0.377. The number of alkyl halides is 2. The van der Waals surface area contributed by atoms with E-state index in [2.05, 4.69) is 25.1 Å². The van der Waals surface area contributed by atoms with Crippen LogP contribution in [0, 0.1) is 0 Å². The van der Waals surface area contributed by atoms with Crippen LogP contribution in [0.1, 0.15) is 31.7 Å². The maximum absolute atomic E-state index is 12.5. The lowest BCUT2D eigenvalue weighted by molar-refractivity contribution is -0.140. The van der Waals surface area contributed by atoms with E-state index in [1.54, 1.807) is 6.07 Å². The Morgan fingerprint density at radius 1 is 1.30 bits per heavy atom. The summed E-state index contributed by atoms with van der Waals surface area (Å²) >= 11 is 5.93. The van der Waals surface area contributed by atoms with Crippen molar-refractivity contribution in [3.63, 3.8) is 0 Å². The number of rotatable bonds is 10. The highest BCUT2D eigenvalue weighted by atomic mass is 127. The van der Waals surface area contributed by atoms with E-state index < -0.39 is 6.61 Å². The van der Waals surface area contributed by atoms with Crippen molar-refractivity contribution in [1.29, 1.82) is 0 Å². The number of nitrogens with one attached hydrogen (secondary N) is 2. The summed E-state index contributed by atoms with van der Waals surface area (Å²) in [5.41, 5.74) is 0.459. The van der Waals surface area contributed by atoms with E-state index in [0.29, 0.717) is 42.5 Å². The van der Waals surface area contributed by atoms with Gasteiger partial charge in [-0.2, -0.15) is 8.78 Å². The van der Waals surface area contributed by atoms with Gasteiger partial charge in [0.05, 0.1) is 13.7 Å². The molecule has 0 saturated carbocycles. The average molecular weight is 520 g/mol. The molecular weight excluding hydrogens is 495 g/mol. The Morgan fingerprint density at radius 2 is 2.04 bits per heavy atom. The van der Waals surface area contributed by atoms with Crippen LogP contribution in [0.3, 0.4) is 0 Å². The third-order valence-electron chi connectivity index (χ3n) is 3.32. The number of methoxy groups -OCH3 is 1. The number of halogens is 4. The zero-order chi connectivity index (χ0) is 19.4. The van der Waals surface area contributed by atoms with Gasteiger partial charge in [-0.25, -0.2) is 4.99 Å². The molecular formula is C17H25ClF2IN3O3. The van der Waals surface area contributed by atoms with Gasteiger partial charge in [0.15, 0.2) is 5.96 Å². The van der Waals surface area contributed by atoms with Crippen molar-refractivity contribution in [2.75, 3.05) is 20.2 Å². The standard InChI is InChI=1S/C17H24ClF2N3O3.HI/c1-3-21-17(22-9-5-4-6-15(24)25-2)23-11-12-10-13(18)7-8-14(12)26-16(19)20;/h7-8,10,16H,3-6,9,11H2,1-2H3,(H2,21,22,23);1H. The summed E-state index contributed by atoms with van der Waals surface area (Å²) < 4.78 is 34.1. The van der Waals surface area contributed by atoms with Crippen molar-refractivity contribution < 1.29 is 23.0 Å². The Labute approximate surface area is 180 Å². The molecule has 0 bridgehead atoms. The van der Waals surface area contributed by atoms with Crippen molar-refractivity contribution >= 4 is 47.5 Å². The van der Waals surface area contributed by atoms with Crippen LogP contribution in [0.5, 0.6) is 5.75 Å². The molecule has 0 aliphatic carbocycles. The van der Waals surface area contributed by atoms with Gasteiger partial charge in [0.25, 0.3) is 0 Å². The molecule has 154 valence electrons. The molecule has 0 aromatic heterocycles. The zero-order valence-corrected chi connectivity index (χ0v) is 18.4. The predicted molar refractivity (Wildman–Crippen MR) is 112 cm³/mol. The fourth-order valence-corrected chi connectivity index (χ4v) is 2.29. The second kappa shape index (κ2) is 14.7. The first-order chi connectivity index (χ1) is 12.5. The quantitative estimate of drug-likeness (QED) is 0.161. The van der Waals surface area contributed by atoms with E-state index in [1.165, 1.54) is 19.2 Å². The number of hydrogen-bond donors (Lipinski definition) is 2. The molecule has 0 amide bonds. The van der Waals surface area contributed by atoms with Gasteiger partial charge in [-0.15, -0.1) is 24.0 Å². The van der Waals surface area contributed by atoms with Crippen LogP contribution in [0.15, 0.2) is 23.2 Å². The molecule has 0 spiro atoms. The molecule has 6 nitrogen and oxygen atoms in total.